The summed E-state index contributed by atoms with van der Waals surface area (Å²) in [5.74, 6) is 0.883. The highest BCUT2D eigenvalue weighted by Gasteiger charge is 2.26. The zero-order valence-electron chi connectivity index (χ0n) is 14.9. The first-order valence-electron chi connectivity index (χ1n) is 8.55. The molecule has 0 atom stereocenters. The summed E-state index contributed by atoms with van der Waals surface area (Å²) < 4.78 is 35.6. The number of halogens is 1. The number of nitrogens with one attached hydrogen (secondary N) is 1. The van der Waals surface area contributed by atoms with Crippen LogP contribution in [0.5, 0.6) is 5.75 Å². The number of sulfonamides is 1. The molecule has 3 rings (SSSR count). The first-order chi connectivity index (χ1) is 12.8. The Morgan fingerprint density at radius 3 is 2.67 bits per heavy atom. The van der Waals surface area contributed by atoms with Crippen LogP contribution in [0.1, 0.15) is 29.0 Å². The standard InChI is InChI=1S/C18H21ClN2O5S/c1-27(23,24)21-8-6-14(7-9-21)26-17-5-4-13(11-16(17)19)18(22)20-12-15-3-2-10-25-15/h2-5,10-11,14H,6-9,12H2,1H3,(H,20,22). The number of ether oxygens (including phenoxy) is 1. The highest BCUT2D eigenvalue weighted by molar-refractivity contribution is 7.88. The Morgan fingerprint density at radius 2 is 2.07 bits per heavy atom. The number of carbonyl (C=O) groups is 1. The highest BCUT2D eigenvalue weighted by atomic mass is 35.5. The smallest absolute Gasteiger partial charge is 0.251 e. The molecule has 1 aromatic carbocycles. The van der Waals surface area contributed by atoms with Crippen LogP contribution < -0.4 is 10.1 Å². The molecule has 0 spiro atoms. The number of amides is 1. The van der Waals surface area contributed by atoms with Crippen molar-refractivity contribution in [3.63, 3.8) is 0 Å². The normalized spacial score (nSPS) is 16.2. The van der Waals surface area contributed by atoms with Crippen LogP contribution in [-0.2, 0) is 16.6 Å². The van der Waals surface area contributed by atoms with E-state index in [1.165, 1.54) is 10.6 Å². The SMILES string of the molecule is CS(=O)(=O)N1CCC(Oc2ccc(C(=O)NCc3ccco3)cc2Cl)CC1. The van der Waals surface area contributed by atoms with Crippen LogP contribution in [-0.4, -0.2) is 44.1 Å². The monoisotopic (exact) mass is 412 g/mol. The first-order valence-corrected chi connectivity index (χ1v) is 10.8. The van der Waals surface area contributed by atoms with Crippen LogP contribution in [0.4, 0.5) is 0 Å². The van der Waals surface area contributed by atoms with E-state index < -0.39 is 10.0 Å². The van der Waals surface area contributed by atoms with Crippen molar-refractivity contribution in [1.29, 1.82) is 0 Å². The molecule has 0 saturated carbocycles. The van der Waals surface area contributed by atoms with Crippen molar-refractivity contribution in [1.82, 2.24) is 9.62 Å². The lowest BCUT2D eigenvalue weighted by Crippen LogP contribution is -2.41. The van der Waals surface area contributed by atoms with Gasteiger partial charge in [0.2, 0.25) is 10.0 Å². The van der Waals surface area contributed by atoms with Crippen LogP contribution >= 0.6 is 11.6 Å². The van der Waals surface area contributed by atoms with E-state index in [9.17, 15) is 13.2 Å². The van der Waals surface area contributed by atoms with Crippen molar-refractivity contribution >= 4 is 27.5 Å². The van der Waals surface area contributed by atoms with Gasteiger partial charge in [-0.15, -0.1) is 0 Å². The number of hydrogen-bond donors (Lipinski definition) is 1. The van der Waals surface area contributed by atoms with E-state index >= 15 is 0 Å². The van der Waals surface area contributed by atoms with E-state index in [1.54, 1.807) is 36.6 Å². The van der Waals surface area contributed by atoms with Crippen LogP contribution in [0.3, 0.4) is 0 Å². The molecule has 0 aliphatic carbocycles. The second-order valence-corrected chi connectivity index (χ2v) is 8.78. The van der Waals surface area contributed by atoms with Gasteiger partial charge in [-0.1, -0.05) is 11.6 Å². The summed E-state index contributed by atoms with van der Waals surface area (Å²) >= 11 is 6.26. The number of nitrogens with zero attached hydrogens (tertiary/aromatic N) is 1. The topological polar surface area (TPSA) is 88.8 Å². The molecular weight excluding hydrogens is 392 g/mol. The number of furan rings is 1. The molecule has 1 aliphatic rings. The maximum absolute atomic E-state index is 12.2. The fraction of sp³-hybridized carbons (Fsp3) is 0.389. The Morgan fingerprint density at radius 1 is 1.33 bits per heavy atom. The molecule has 1 fully saturated rings. The zero-order chi connectivity index (χ0) is 19.4. The second kappa shape index (κ2) is 8.33. The van der Waals surface area contributed by atoms with E-state index in [4.69, 9.17) is 20.8 Å². The van der Waals surface area contributed by atoms with Crippen LogP contribution in [0, 0.1) is 0 Å². The number of rotatable bonds is 6. The first kappa shape index (κ1) is 19.7. The largest absolute Gasteiger partial charge is 0.489 e. The summed E-state index contributed by atoms with van der Waals surface area (Å²) in [4.78, 5) is 12.2. The molecule has 0 radical (unpaired) electrons. The zero-order valence-corrected chi connectivity index (χ0v) is 16.4. The van der Waals surface area contributed by atoms with Gasteiger partial charge in [0.15, 0.2) is 0 Å². The second-order valence-electron chi connectivity index (χ2n) is 6.39. The maximum atomic E-state index is 12.2. The molecule has 146 valence electrons. The molecule has 27 heavy (non-hydrogen) atoms. The molecule has 1 aromatic heterocycles. The lowest BCUT2D eigenvalue weighted by molar-refractivity contribution is 0.0948. The quantitative estimate of drug-likeness (QED) is 0.787. The summed E-state index contributed by atoms with van der Waals surface area (Å²) in [6.07, 6.45) is 3.83. The van der Waals surface area contributed by atoms with Gasteiger partial charge in [0, 0.05) is 18.7 Å². The molecule has 1 saturated heterocycles. The Bertz CT molecular complexity index is 890. The summed E-state index contributed by atoms with van der Waals surface area (Å²) in [5, 5.41) is 3.09. The average Bonchev–Trinajstić information content (AvgIpc) is 3.14. The minimum atomic E-state index is -3.17. The van der Waals surface area contributed by atoms with Crippen LogP contribution in [0.2, 0.25) is 5.02 Å². The number of hydrogen-bond acceptors (Lipinski definition) is 5. The predicted octanol–water partition coefficient (Wildman–Crippen LogP) is 2.67. The van der Waals surface area contributed by atoms with E-state index in [0.29, 0.717) is 54.6 Å². The minimum Gasteiger partial charge on any atom is -0.489 e. The molecular formula is C18H21ClN2O5S. The van der Waals surface area contributed by atoms with Crippen LogP contribution in [0.15, 0.2) is 41.0 Å². The Balaban J connectivity index is 1.56. The third-order valence-corrected chi connectivity index (χ3v) is 5.96. The van der Waals surface area contributed by atoms with Crippen molar-refractivity contribution in [2.24, 2.45) is 0 Å². The molecule has 0 unspecified atom stereocenters. The van der Waals surface area contributed by atoms with Crippen molar-refractivity contribution in [3.05, 3.63) is 52.9 Å². The number of benzene rings is 1. The fourth-order valence-electron chi connectivity index (χ4n) is 2.88. The summed E-state index contributed by atoms with van der Waals surface area (Å²) in [6, 6.07) is 8.39. The van der Waals surface area contributed by atoms with E-state index in [1.807, 2.05) is 0 Å². The summed E-state index contributed by atoms with van der Waals surface area (Å²) in [6.45, 7) is 1.14. The van der Waals surface area contributed by atoms with Gasteiger partial charge in [-0.2, -0.15) is 0 Å². The molecule has 7 nitrogen and oxygen atoms in total. The third-order valence-electron chi connectivity index (χ3n) is 4.36. The van der Waals surface area contributed by atoms with Gasteiger partial charge < -0.3 is 14.5 Å². The lowest BCUT2D eigenvalue weighted by atomic mass is 10.1. The van der Waals surface area contributed by atoms with Gasteiger partial charge in [-0.05, 0) is 43.2 Å². The summed E-state index contributed by atoms with van der Waals surface area (Å²) in [5.41, 5.74) is 0.422. The Labute approximate surface area is 163 Å². The number of piperidine rings is 1. The third kappa shape index (κ3) is 5.24. The molecule has 1 N–H and O–H groups in total. The fourth-order valence-corrected chi connectivity index (χ4v) is 3.98. The molecule has 1 aliphatic heterocycles. The maximum Gasteiger partial charge on any atom is 0.251 e. The van der Waals surface area contributed by atoms with Crippen LogP contribution in [0.25, 0.3) is 0 Å². The van der Waals surface area contributed by atoms with Crippen molar-refractivity contribution < 1.29 is 22.4 Å². The van der Waals surface area contributed by atoms with Gasteiger partial charge >= 0.3 is 0 Å². The van der Waals surface area contributed by atoms with Gasteiger partial charge in [0.25, 0.3) is 5.91 Å². The highest BCUT2D eigenvalue weighted by Crippen LogP contribution is 2.28. The Kier molecular flexibility index (Phi) is 6.08. The van der Waals surface area contributed by atoms with E-state index in [2.05, 4.69) is 5.32 Å². The molecule has 1 amide bonds. The van der Waals surface area contributed by atoms with Crippen molar-refractivity contribution in [2.45, 2.75) is 25.5 Å². The number of carbonyl (C=O) groups excluding carboxylic acids is 1. The van der Waals surface area contributed by atoms with Gasteiger partial charge in [-0.25, -0.2) is 12.7 Å². The average molecular weight is 413 g/mol. The predicted molar refractivity (Wildman–Crippen MR) is 101 cm³/mol. The van der Waals surface area contributed by atoms with Crippen molar-refractivity contribution in [2.75, 3.05) is 19.3 Å². The van der Waals surface area contributed by atoms with E-state index in [0.717, 1.165) is 0 Å². The summed E-state index contributed by atoms with van der Waals surface area (Å²) in [7, 11) is -3.17. The van der Waals surface area contributed by atoms with Gasteiger partial charge in [-0.3, -0.25) is 4.79 Å². The lowest BCUT2D eigenvalue weighted by Gasteiger charge is -2.30. The van der Waals surface area contributed by atoms with Gasteiger partial charge in [0.1, 0.15) is 17.6 Å². The molecule has 0 bridgehead atoms. The molecule has 9 heteroatoms. The van der Waals surface area contributed by atoms with Gasteiger partial charge in [0.05, 0.1) is 24.1 Å². The minimum absolute atomic E-state index is 0.112. The van der Waals surface area contributed by atoms with Crippen molar-refractivity contribution in [3.8, 4) is 5.75 Å². The Hall–Kier alpha value is -2.03. The van der Waals surface area contributed by atoms with E-state index in [-0.39, 0.29) is 12.0 Å². The molecule has 2 heterocycles. The molecule has 2 aromatic rings.